The van der Waals surface area contributed by atoms with E-state index in [1.165, 1.54) is 6.42 Å². The molecule has 148 valence electrons. The maximum absolute atomic E-state index is 6.30. The molecule has 2 aromatic carbocycles. The van der Waals surface area contributed by atoms with Gasteiger partial charge in [-0.15, -0.1) is 0 Å². The van der Waals surface area contributed by atoms with Gasteiger partial charge < -0.3 is 9.64 Å². The molecular weight excluding hydrogens is 382 g/mol. The molecule has 0 spiro atoms. The van der Waals surface area contributed by atoms with Gasteiger partial charge in [0, 0.05) is 34.8 Å². The summed E-state index contributed by atoms with van der Waals surface area (Å²) in [5.74, 6) is 2.93. The van der Waals surface area contributed by atoms with E-state index >= 15 is 0 Å². The number of nitrogens with zero attached hydrogens (tertiary/aromatic N) is 3. The van der Waals surface area contributed by atoms with Gasteiger partial charge in [-0.05, 0) is 42.5 Å². The highest BCUT2D eigenvalue weighted by molar-refractivity contribution is 6.30. The Bertz CT molecular complexity index is 1060. The molecule has 0 unspecified atom stereocenters. The second kappa shape index (κ2) is 7.34. The fraction of sp³-hybridized carbons (Fsp3) is 0.333. The zero-order valence-corrected chi connectivity index (χ0v) is 17.5. The number of hydrogen-bond acceptors (Lipinski definition) is 4. The maximum Gasteiger partial charge on any atom is 0.226 e. The molecule has 0 N–H and O–H groups in total. The van der Waals surface area contributed by atoms with E-state index in [1.54, 1.807) is 0 Å². The summed E-state index contributed by atoms with van der Waals surface area (Å²) in [6, 6.07) is 16.0. The number of ether oxygens (including phenoxy) is 1. The van der Waals surface area contributed by atoms with Crippen molar-refractivity contribution in [3.05, 3.63) is 59.1 Å². The van der Waals surface area contributed by atoms with Gasteiger partial charge >= 0.3 is 0 Å². The minimum Gasteiger partial charge on any atom is -0.488 e. The van der Waals surface area contributed by atoms with Gasteiger partial charge in [0.1, 0.15) is 12.4 Å². The molecule has 0 amide bonds. The Morgan fingerprint density at radius 3 is 2.52 bits per heavy atom. The van der Waals surface area contributed by atoms with Crippen LogP contribution in [-0.2, 0) is 6.61 Å². The van der Waals surface area contributed by atoms with Crippen molar-refractivity contribution in [2.75, 3.05) is 18.0 Å². The van der Waals surface area contributed by atoms with Crippen molar-refractivity contribution in [1.29, 1.82) is 0 Å². The molecule has 3 heterocycles. The van der Waals surface area contributed by atoms with E-state index in [0.717, 1.165) is 52.9 Å². The van der Waals surface area contributed by atoms with Gasteiger partial charge in [-0.25, -0.2) is 9.97 Å². The molecule has 2 aliphatic rings. The van der Waals surface area contributed by atoms with Crippen molar-refractivity contribution in [1.82, 2.24) is 9.97 Å². The number of anilines is 1. The molecule has 0 bridgehead atoms. The summed E-state index contributed by atoms with van der Waals surface area (Å²) in [7, 11) is 0. The normalized spacial score (nSPS) is 20.6. The molecule has 0 saturated carbocycles. The van der Waals surface area contributed by atoms with Crippen LogP contribution in [0.2, 0.25) is 5.02 Å². The number of para-hydroxylation sites is 1. The average Bonchev–Trinajstić information content (AvgIpc) is 2.72. The van der Waals surface area contributed by atoms with Crippen LogP contribution in [-0.4, -0.2) is 23.1 Å². The molecule has 29 heavy (non-hydrogen) atoms. The van der Waals surface area contributed by atoms with Crippen LogP contribution in [0.1, 0.15) is 25.8 Å². The molecular formula is C24H24ClN3O. The van der Waals surface area contributed by atoms with Crippen LogP contribution in [0.4, 0.5) is 5.95 Å². The molecule has 2 atom stereocenters. The molecule has 1 aromatic heterocycles. The number of rotatable bonds is 2. The van der Waals surface area contributed by atoms with E-state index in [4.69, 9.17) is 26.3 Å². The Morgan fingerprint density at radius 2 is 1.72 bits per heavy atom. The highest BCUT2D eigenvalue weighted by Gasteiger charge is 2.28. The van der Waals surface area contributed by atoms with Crippen LogP contribution < -0.4 is 9.64 Å². The fourth-order valence-electron chi connectivity index (χ4n) is 4.61. The third-order valence-electron chi connectivity index (χ3n) is 5.76. The lowest BCUT2D eigenvalue weighted by molar-refractivity contribution is 0.301. The molecule has 0 aliphatic carbocycles. The van der Waals surface area contributed by atoms with E-state index in [1.807, 2.05) is 36.4 Å². The first-order valence-corrected chi connectivity index (χ1v) is 10.6. The average molecular weight is 406 g/mol. The number of piperidine rings is 1. The second-order valence-electron chi connectivity index (χ2n) is 8.35. The van der Waals surface area contributed by atoms with Crippen molar-refractivity contribution < 1.29 is 4.74 Å². The molecule has 4 nitrogen and oxygen atoms in total. The first-order valence-electron chi connectivity index (χ1n) is 10.2. The second-order valence-corrected chi connectivity index (χ2v) is 8.78. The van der Waals surface area contributed by atoms with Crippen LogP contribution in [0.3, 0.4) is 0 Å². The van der Waals surface area contributed by atoms with Crippen LogP contribution in [0.15, 0.2) is 48.5 Å². The molecule has 5 rings (SSSR count). The Kier molecular flexibility index (Phi) is 4.67. The van der Waals surface area contributed by atoms with Crippen LogP contribution >= 0.6 is 11.6 Å². The van der Waals surface area contributed by atoms with E-state index in [2.05, 4.69) is 30.9 Å². The zero-order valence-electron chi connectivity index (χ0n) is 16.7. The third-order valence-corrected chi connectivity index (χ3v) is 5.99. The van der Waals surface area contributed by atoms with Crippen molar-refractivity contribution >= 4 is 17.5 Å². The molecule has 5 heteroatoms. The highest BCUT2D eigenvalue weighted by Crippen LogP contribution is 2.41. The molecule has 2 aliphatic heterocycles. The Balaban J connectivity index is 1.71. The van der Waals surface area contributed by atoms with Crippen molar-refractivity contribution in [3.8, 4) is 28.3 Å². The lowest BCUT2D eigenvalue weighted by atomic mass is 9.92. The van der Waals surface area contributed by atoms with Gasteiger partial charge in [-0.3, -0.25) is 0 Å². The SMILES string of the molecule is C[C@@H]1C[C@@H](C)CN(c2nc(-c3cccc(Cl)c3)c3c(n2)-c2ccccc2OC3)C1. The molecule has 3 aromatic rings. The lowest BCUT2D eigenvalue weighted by Crippen LogP contribution is -2.40. The number of hydrogen-bond donors (Lipinski definition) is 0. The monoisotopic (exact) mass is 405 g/mol. The van der Waals surface area contributed by atoms with E-state index in [0.29, 0.717) is 23.5 Å². The van der Waals surface area contributed by atoms with Gasteiger partial charge in [0.15, 0.2) is 0 Å². The van der Waals surface area contributed by atoms with Crippen molar-refractivity contribution in [2.24, 2.45) is 11.8 Å². The predicted octanol–water partition coefficient (Wildman–Crippen LogP) is 5.84. The maximum atomic E-state index is 6.30. The topological polar surface area (TPSA) is 38.2 Å². The quantitative estimate of drug-likeness (QED) is 0.537. The van der Waals surface area contributed by atoms with E-state index < -0.39 is 0 Å². The smallest absolute Gasteiger partial charge is 0.226 e. The summed E-state index contributed by atoms with van der Waals surface area (Å²) in [5.41, 5.74) is 4.93. The predicted molar refractivity (Wildman–Crippen MR) is 117 cm³/mol. The van der Waals surface area contributed by atoms with E-state index in [9.17, 15) is 0 Å². The summed E-state index contributed by atoms with van der Waals surface area (Å²) >= 11 is 6.30. The van der Waals surface area contributed by atoms with Gasteiger partial charge in [0.25, 0.3) is 0 Å². The molecule has 0 radical (unpaired) electrons. The minimum absolute atomic E-state index is 0.460. The largest absolute Gasteiger partial charge is 0.488 e. The Labute approximate surface area is 176 Å². The standard InChI is InChI=1S/C24H24ClN3O/c1-15-10-16(2)13-28(12-15)24-26-22(17-6-5-7-18(25)11-17)20-14-29-21-9-4-3-8-19(21)23(20)27-24/h3-9,11,15-16H,10,12-14H2,1-2H3/t15-,16-/m1/s1. The Hall–Kier alpha value is -2.59. The number of fused-ring (bicyclic) bond motifs is 3. The third kappa shape index (κ3) is 3.46. The minimum atomic E-state index is 0.460. The van der Waals surface area contributed by atoms with Crippen molar-refractivity contribution in [2.45, 2.75) is 26.9 Å². The van der Waals surface area contributed by atoms with Gasteiger partial charge in [-0.2, -0.15) is 0 Å². The van der Waals surface area contributed by atoms with E-state index in [-0.39, 0.29) is 0 Å². The Morgan fingerprint density at radius 1 is 0.966 bits per heavy atom. The van der Waals surface area contributed by atoms with Gasteiger partial charge in [-0.1, -0.05) is 49.7 Å². The summed E-state index contributed by atoms with van der Waals surface area (Å²) in [4.78, 5) is 12.4. The van der Waals surface area contributed by atoms with Crippen molar-refractivity contribution in [3.63, 3.8) is 0 Å². The van der Waals surface area contributed by atoms with Crippen LogP contribution in [0.25, 0.3) is 22.5 Å². The summed E-state index contributed by atoms with van der Waals surface area (Å²) in [6.45, 7) is 7.04. The zero-order chi connectivity index (χ0) is 20.0. The number of halogens is 1. The fourth-order valence-corrected chi connectivity index (χ4v) is 4.80. The number of aromatic nitrogens is 2. The highest BCUT2D eigenvalue weighted by atomic mass is 35.5. The molecule has 1 fully saturated rings. The summed E-state index contributed by atoms with van der Waals surface area (Å²) in [6.07, 6.45) is 1.25. The summed E-state index contributed by atoms with van der Waals surface area (Å²) in [5, 5.41) is 0.703. The lowest BCUT2D eigenvalue weighted by Gasteiger charge is -2.36. The molecule has 1 saturated heterocycles. The van der Waals surface area contributed by atoms with Gasteiger partial charge in [0.2, 0.25) is 5.95 Å². The van der Waals surface area contributed by atoms with Gasteiger partial charge in [0.05, 0.1) is 11.4 Å². The number of benzene rings is 2. The first-order chi connectivity index (χ1) is 14.1. The summed E-state index contributed by atoms with van der Waals surface area (Å²) < 4.78 is 6.04. The van der Waals surface area contributed by atoms with Crippen LogP contribution in [0.5, 0.6) is 5.75 Å². The van der Waals surface area contributed by atoms with Crippen LogP contribution in [0, 0.1) is 11.8 Å². The first kappa shape index (κ1) is 18.4.